The summed E-state index contributed by atoms with van der Waals surface area (Å²) in [5, 5.41) is 9.01. The number of hydrogen-bond acceptors (Lipinski definition) is 4. The van der Waals surface area contributed by atoms with Gasteiger partial charge >= 0.3 is 5.97 Å². The molecule has 0 atom stereocenters. The van der Waals surface area contributed by atoms with Gasteiger partial charge in [0.25, 0.3) is 0 Å². The van der Waals surface area contributed by atoms with Gasteiger partial charge in [-0.2, -0.15) is 5.26 Å². The number of carbonyl (C=O) groups excluding carboxylic acids is 1. The van der Waals surface area contributed by atoms with Crippen LogP contribution in [0, 0.1) is 11.3 Å². The van der Waals surface area contributed by atoms with Crippen LogP contribution in [0.2, 0.25) is 0 Å². The molecule has 1 rings (SSSR count). The van der Waals surface area contributed by atoms with Crippen LogP contribution in [0.1, 0.15) is 16.7 Å². The van der Waals surface area contributed by atoms with E-state index < -0.39 is 0 Å². The van der Waals surface area contributed by atoms with Gasteiger partial charge in [-0.15, -0.1) is 24.2 Å². The Morgan fingerprint density at radius 3 is 2.69 bits per heavy atom. The van der Waals surface area contributed by atoms with Crippen LogP contribution in [-0.2, 0) is 21.8 Å². The maximum absolute atomic E-state index is 11.1. The summed E-state index contributed by atoms with van der Waals surface area (Å²) in [6.07, 6.45) is 0.0650. The molecule has 1 aromatic carbocycles. The van der Waals surface area contributed by atoms with Gasteiger partial charge in [0, 0.05) is 10.8 Å². The van der Waals surface area contributed by atoms with Crippen molar-refractivity contribution in [3.63, 3.8) is 0 Å². The minimum atomic E-state index is -0.386. The zero-order chi connectivity index (χ0) is 12.1. The van der Waals surface area contributed by atoms with Crippen molar-refractivity contribution in [2.24, 2.45) is 0 Å². The first-order valence-corrected chi connectivity index (χ1v) is 5.48. The Morgan fingerprint density at radius 1 is 1.56 bits per heavy atom. The van der Waals surface area contributed by atoms with E-state index in [4.69, 9.17) is 16.9 Å². The summed E-state index contributed by atoms with van der Waals surface area (Å²) in [5.41, 5.74) is 1.76. The van der Waals surface area contributed by atoms with Crippen molar-refractivity contribution in [1.29, 1.82) is 5.26 Å². The molecule has 0 saturated carbocycles. The Labute approximate surface area is 104 Å². The molecule has 0 N–H and O–H groups in total. The largest absolute Gasteiger partial charge is 0.469 e. The first-order valence-electron chi connectivity index (χ1n) is 4.50. The normalized spacial score (nSPS) is 9.62. The maximum Gasteiger partial charge on any atom is 0.310 e. The summed E-state index contributed by atoms with van der Waals surface area (Å²) in [4.78, 5) is 11.7. The third kappa shape index (κ3) is 2.69. The molecule has 84 valence electrons. The SMILES string of the molecule is COC(=O)Cc1ccc(CCl)c(S)c1C#N. The molecule has 0 aliphatic carbocycles. The highest BCUT2D eigenvalue weighted by atomic mass is 35.5. The van der Waals surface area contributed by atoms with E-state index in [0.29, 0.717) is 16.0 Å². The van der Waals surface area contributed by atoms with Crippen LogP contribution < -0.4 is 0 Å². The summed E-state index contributed by atoms with van der Waals surface area (Å²) in [6.45, 7) is 0. The van der Waals surface area contributed by atoms with Gasteiger partial charge in [-0.1, -0.05) is 12.1 Å². The fourth-order valence-corrected chi connectivity index (χ4v) is 1.95. The molecule has 0 radical (unpaired) electrons. The standard InChI is InChI=1S/C11H10ClNO2S/c1-15-10(14)4-7-2-3-8(5-12)11(16)9(7)6-13/h2-3,16H,4-5H2,1H3. The van der Waals surface area contributed by atoms with E-state index in [0.717, 1.165) is 5.56 Å². The zero-order valence-corrected chi connectivity index (χ0v) is 10.3. The number of halogens is 1. The number of nitrogens with zero attached hydrogens (tertiary/aromatic N) is 1. The fourth-order valence-electron chi connectivity index (χ4n) is 1.28. The van der Waals surface area contributed by atoms with E-state index in [1.54, 1.807) is 12.1 Å². The molecule has 0 unspecified atom stereocenters. The molecule has 0 aliphatic rings. The molecular weight excluding hydrogens is 246 g/mol. The van der Waals surface area contributed by atoms with Crippen LogP contribution in [0.25, 0.3) is 0 Å². The highest BCUT2D eigenvalue weighted by Gasteiger charge is 2.13. The smallest absolute Gasteiger partial charge is 0.310 e. The topological polar surface area (TPSA) is 50.1 Å². The molecule has 0 aliphatic heterocycles. The van der Waals surface area contributed by atoms with Crippen LogP contribution in [-0.4, -0.2) is 13.1 Å². The van der Waals surface area contributed by atoms with Crippen molar-refractivity contribution in [3.05, 3.63) is 28.8 Å². The third-order valence-electron chi connectivity index (χ3n) is 2.17. The number of carbonyl (C=O) groups is 1. The molecule has 0 amide bonds. The fraction of sp³-hybridized carbons (Fsp3) is 0.273. The summed E-state index contributed by atoms with van der Waals surface area (Å²) in [7, 11) is 1.31. The Morgan fingerprint density at radius 2 is 2.19 bits per heavy atom. The zero-order valence-electron chi connectivity index (χ0n) is 8.66. The van der Waals surface area contributed by atoms with Crippen LogP contribution in [0.4, 0.5) is 0 Å². The highest BCUT2D eigenvalue weighted by molar-refractivity contribution is 7.80. The van der Waals surface area contributed by atoms with Gasteiger partial charge in [-0.05, 0) is 11.1 Å². The number of esters is 1. The number of ether oxygens (including phenoxy) is 1. The molecule has 1 aromatic rings. The first kappa shape index (κ1) is 12.9. The molecule has 3 nitrogen and oxygen atoms in total. The minimum Gasteiger partial charge on any atom is -0.469 e. The van der Waals surface area contributed by atoms with Crippen LogP contribution >= 0.6 is 24.2 Å². The maximum atomic E-state index is 11.1. The average Bonchev–Trinajstić information content (AvgIpc) is 2.29. The molecule has 16 heavy (non-hydrogen) atoms. The molecule has 0 fully saturated rings. The predicted octanol–water partition coefficient (Wildman–Crippen LogP) is 2.30. The number of benzene rings is 1. The van der Waals surface area contributed by atoms with Gasteiger partial charge in [0.1, 0.15) is 6.07 Å². The number of hydrogen-bond donors (Lipinski definition) is 1. The second kappa shape index (κ2) is 5.78. The second-order valence-electron chi connectivity index (χ2n) is 3.11. The summed E-state index contributed by atoms with van der Waals surface area (Å²) in [5.74, 6) is -0.102. The lowest BCUT2D eigenvalue weighted by Gasteiger charge is -2.08. The molecule has 0 aromatic heterocycles. The van der Waals surface area contributed by atoms with E-state index in [-0.39, 0.29) is 18.3 Å². The molecule has 0 heterocycles. The van der Waals surface area contributed by atoms with Gasteiger partial charge in [0.05, 0.1) is 19.1 Å². The highest BCUT2D eigenvalue weighted by Crippen LogP contribution is 2.24. The Hall–Kier alpha value is -1.18. The van der Waals surface area contributed by atoms with Gasteiger partial charge in [-0.25, -0.2) is 0 Å². The second-order valence-corrected chi connectivity index (χ2v) is 3.82. The number of methoxy groups -OCH3 is 1. The van der Waals surface area contributed by atoms with Gasteiger partial charge in [0.15, 0.2) is 0 Å². The monoisotopic (exact) mass is 255 g/mol. The number of rotatable bonds is 3. The molecule has 0 bridgehead atoms. The van der Waals surface area contributed by atoms with Crippen molar-refractivity contribution in [2.75, 3.05) is 7.11 Å². The van der Waals surface area contributed by atoms with E-state index in [1.807, 2.05) is 6.07 Å². The van der Waals surface area contributed by atoms with Crippen LogP contribution in [0.15, 0.2) is 17.0 Å². The summed E-state index contributed by atoms with van der Waals surface area (Å²) in [6, 6.07) is 5.48. The quantitative estimate of drug-likeness (QED) is 0.512. The molecule has 0 spiro atoms. The minimum absolute atomic E-state index is 0.0650. The van der Waals surface area contributed by atoms with Crippen molar-refractivity contribution in [1.82, 2.24) is 0 Å². The van der Waals surface area contributed by atoms with Crippen LogP contribution in [0.5, 0.6) is 0 Å². The lowest BCUT2D eigenvalue weighted by atomic mass is 10.0. The lowest BCUT2D eigenvalue weighted by molar-refractivity contribution is -0.139. The van der Waals surface area contributed by atoms with Crippen molar-refractivity contribution in [3.8, 4) is 6.07 Å². The van der Waals surface area contributed by atoms with Crippen molar-refractivity contribution >= 4 is 30.2 Å². The van der Waals surface area contributed by atoms with Crippen molar-refractivity contribution in [2.45, 2.75) is 17.2 Å². The van der Waals surface area contributed by atoms with E-state index in [9.17, 15) is 4.79 Å². The average molecular weight is 256 g/mol. The molecule has 0 saturated heterocycles. The number of nitriles is 1. The van der Waals surface area contributed by atoms with E-state index in [2.05, 4.69) is 17.4 Å². The predicted molar refractivity (Wildman–Crippen MR) is 63.7 cm³/mol. The van der Waals surface area contributed by atoms with Gasteiger partial charge in [0.2, 0.25) is 0 Å². The lowest BCUT2D eigenvalue weighted by Crippen LogP contribution is -2.07. The summed E-state index contributed by atoms with van der Waals surface area (Å²) >= 11 is 9.93. The van der Waals surface area contributed by atoms with E-state index in [1.165, 1.54) is 7.11 Å². The van der Waals surface area contributed by atoms with Gasteiger partial charge in [-0.3, -0.25) is 4.79 Å². The van der Waals surface area contributed by atoms with Crippen molar-refractivity contribution < 1.29 is 9.53 Å². The van der Waals surface area contributed by atoms with Crippen LogP contribution in [0.3, 0.4) is 0 Å². The summed E-state index contributed by atoms with van der Waals surface area (Å²) < 4.78 is 4.55. The number of thiol groups is 1. The Bertz CT molecular complexity index is 454. The Balaban J connectivity index is 3.17. The van der Waals surface area contributed by atoms with E-state index >= 15 is 0 Å². The first-order chi connectivity index (χ1) is 7.63. The third-order valence-corrected chi connectivity index (χ3v) is 2.96. The molecular formula is C11H10ClNO2S. The molecule has 5 heteroatoms. The van der Waals surface area contributed by atoms with Gasteiger partial charge < -0.3 is 4.74 Å². The Kier molecular flexibility index (Phi) is 4.66. The number of alkyl halides is 1.